The van der Waals surface area contributed by atoms with E-state index in [1.807, 2.05) is 13.8 Å². The molecule has 2 N–H and O–H groups in total. The molecule has 27 heavy (non-hydrogen) atoms. The van der Waals surface area contributed by atoms with E-state index in [2.05, 4.69) is 22.1 Å². The zero-order chi connectivity index (χ0) is 19.1. The minimum absolute atomic E-state index is 0.0533. The number of hydrogen-bond acceptors (Lipinski definition) is 6. The zero-order valence-electron chi connectivity index (χ0n) is 15.7. The van der Waals surface area contributed by atoms with E-state index in [0.29, 0.717) is 23.4 Å². The quantitative estimate of drug-likeness (QED) is 0.635. The topological polar surface area (TPSA) is 96.4 Å². The van der Waals surface area contributed by atoms with Gasteiger partial charge in [-0.3, -0.25) is 9.36 Å². The summed E-state index contributed by atoms with van der Waals surface area (Å²) in [7, 11) is 0. The van der Waals surface area contributed by atoms with E-state index in [-0.39, 0.29) is 16.5 Å². The van der Waals surface area contributed by atoms with Crippen molar-refractivity contribution in [2.75, 3.05) is 0 Å². The summed E-state index contributed by atoms with van der Waals surface area (Å²) in [5, 5.41) is 7.89. The van der Waals surface area contributed by atoms with Crippen molar-refractivity contribution in [1.29, 1.82) is 0 Å². The number of thiophene rings is 1. The summed E-state index contributed by atoms with van der Waals surface area (Å²) in [6.07, 6.45) is 3.97. The van der Waals surface area contributed by atoms with Crippen molar-refractivity contribution in [1.82, 2.24) is 24.7 Å². The molecule has 0 radical (unpaired) electrons. The van der Waals surface area contributed by atoms with Crippen molar-refractivity contribution in [3.63, 3.8) is 0 Å². The van der Waals surface area contributed by atoms with Gasteiger partial charge in [-0.25, -0.2) is 14.9 Å². The fourth-order valence-corrected chi connectivity index (χ4v) is 5.92. The third-order valence-corrected chi connectivity index (χ3v) is 7.27. The van der Waals surface area contributed by atoms with Gasteiger partial charge in [-0.15, -0.1) is 16.4 Å². The summed E-state index contributed by atoms with van der Waals surface area (Å²) < 4.78 is 1.63. The second-order valence-electron chi connectivity index (χ2n) is 7.21. The molecule has 9 heteroatoms. The Kier molecular flexibility index (Phi) is 4.98. The normalized spacial score (nSPS) is 18.0. The molecule has 1 aliphatic rings. The zero-order valence-corrected chi connectivity index (χ0v) is 17.3. The van der Waals surface area contributed by atoms with Crippen molar-refractivity contribution in [2.45, 2.75) is 63.4 Å². The van der Waals surface area contributed by atoms with Gasteiger partial charge in [-0.05, 0) is 44.1 Å². The van der Waals surface area contributed by atoms with Crippen LogP contribution in [0.1, 0.15) is 55.1 Å². The summed E-state index contributed by atoms with van der Waals surface area (Å²) in [5.74, 6) is 1.29. The highest BCUT2D eigenvalue weighted by molar-refractivity contribution is 7.99. The minimum Gasteiger partial charge on any atom is -0.309 e. The predicted molar refractivity (Wildman–Crippen MR) is 109 cm³/mol. The van der Waals surface area contributed by atoms with Crippen LogP contribution in [0.25, 0.3) is 10.2 Å². The number of rotatable bonds is 5. The van der Waals surface area contributed by atoms with Crippen LogP contribution in [0.5, 0.6) is 0 Å². The molecule has 7 nitrogen and oxygen atoms in total. The number of fused-ring (bicyclic) bond motifs is 3. The lowest BCUT2D eigenvalue weighted by molar-refractivity contribution is 0.509. The first-order chi connectivity index (χ1) is 13.0. The van der Waals surface area contributed by atoms with Gasteiger partial charge >= 0.3 is 5.69 Å². The van der Waals surface area contributed by atoms with Gasteiger partial charge in [0.15, 0.2) is 5.16 Å². The highest BCUT2D eigenvalue weighted by atomic mass is 32.2. The van der Waals surface area contributed by atoms with Crippen LogP contribution in [0.2, 0.25) is 0 Å². The fourth-order valence-electron chi connectivity index (χ4n) is 3.59. The van der Waals surface area contributed by atoms with Gasteiger partial charge in [0.2, 0.25) is 0 Å². The summed E-state index contributed by atoms with van der Waals surface area (Å²) in [6, 6.07) is 0. The maximum Gasteiger partial charge on any atom is 0.343 e. The fraction of sp³-hybridized carbons (Fsp3) is 0.556. The Morgan fingerprint density at radius 2 is 2.22 bits per heavy atom. The number of H-pyrrole nitrogens is 2. The van der Waals surface area contributed by atoms with Gasteiger partial charge in [0.1, 0.15) is 10.7 Å². The molecule has 1 aliphatic carbocycles. The Balaban J connectivity index is 1.68. The van der Waals surface area contributed by atoms with Crippen LogP contribution in [0.4, 0.5) is 0 Å². The SMILES string of the molecule is CCCn1c(SC(C)c2nc3sc4c(c3c(=O)[nH]2)CCC(C)C4)n[nH]c1=O. The van der Waals surface area contributed by atoms with Gasteiger partial charge in [0.05, 0.1) is 10.6 Å². The third-order valence-electron chi connectivity index (χ3n) is 5.02. The average molecular weight is 406 g/mol. The first-order valence-electron chi connectivity index (χ1n) is 9.34. The molecule has 0 aliphatic heterocycles. The van der Waals surface area contributed by atoms with Gasteiger partial charge in [0, 0.05) is 11.4 Å². The number of nitrogens with zero attached hydrogens (tertiary/aromatic N) is 3. The summed E-state index contributed by atoms with van der Waals surface area (Å²) in [6.45, 7) is 6.86. The standard InChI is InChI=1S/C18H23N5O2S2/c1-4-7-23-17(25)21-22-18(23)26-10(3)14-19-15(24)13-11-6-5-9(2)8-12(11)27-16(13)20-14/h9-10H,4-8H2,1-3H3,(H,21,25)(H,19,20,24). The molecule has 2 unspecified atom stereocenters. The van der Waals surface area contributed by atoms with Crippen molar-refractivity contribution in [2.24, 2.45) is 5.92 Å². The second kappa shape index (κ2) is 7.27. The molecule has 3 heterocycles. The molecule has 0 fully saturated rings. The van der Waals surface area contributed by atoms with E-state index < -0.39 is 0 Å². The number of aryl methyl sites for hydroxylation is 1. The largest absolute Gasteiger partial charge is 0.343 e. The van der Waals surface area contributed by atoms with Crippen LogP contribution >= 0.6 is 23.1 Å². The van der Waals surface area contributed by atoms with Gasteiger partial charge < -0.3 is 4.98 Å². The van der Waals surface area contributed by atoms with Crippen LogP contribution < -0.4 is 11.2 Å². The van der Waals surface area contributed by atoms with E-state index in [1.165, 1.54) is 22.2 Å². The lowest BCUT2D eigenvalue weighted by Crippen LogP contribution is -2.18. The van der Waals surface area contributed by atoms with Crippen molar-refractivity contribution in [3.8, 4) is 0 Å². The van der Waals surface area contributed by atoms with Crippen LogP contribution in [-0.2, 0) is 19.4 Å². The highest BCUT2D eigenvalue weighted by Gasteiger charge is 2.24. The number of hydrogen-bond donors (Lipinski definition) is 2. The Bertz CT molecular complexity index is 1090. The Morgan fingerprint density at radius 3 is 3.00 bits per heavy atom. The maximum atomic E-state index is 12.8. The third kappa shape index (κ3) is 3.38. The molecule has 3 aromatic rings. The number of aromatic nitrogens is 5. The van der Waals surface area contributed by atoms with Crippen molar-refractivity contribution >= 4 is 33.3 Å². The molecule has 3 aromatic heterocycles. The lowest BCUT2D eigenvalue weighted by atomic mass is 9.89. The molecule has 0 spiro atoms. The second-order valence-corrected chi connectivity index (χ2v) is 9.60. The molecular weight excluding hydrogens is 382 g/mol. The Morgan fingerprint density at radius 1 is 1.41 bits per heavy atom. The monoisotopic (exact) mass is 405 g/mol. The van der Waals surface area contributed by atoms with E-state index in [0.717, 1.165) is 35.9 Å². The predicted octanol–water partition coefficient (Wildman–Crippen LogP) is 3.26. The number of thioether (sulfide) groups is 1. The van der Waals surface area contributed by atoms with Crippen LogP contribution in [0.15, 0.2) is 14.7 Å². The number of nitrogens with one attached hydrogen (secondary N) is 2. The Hall–Kier alpha value is -1.87. The Labute approximate surface area is 164 Å². The van der Waals surface area contributed by atoms with E-state index in [4.69, 9.17) is 4.98 Å². The van der Waals surface area contributed by atoms with Crippen LogP contribution in [0, 0.1) is 5.92 Å². The summed E-state index contributed by atoms with van der Waals surface area (Å²) in [4.78, 5) is 34.5. The van der Waals surface area contributed by atoms with E-state index in [1.54, 1.807) is 15.9 Å². The maximum absolute atomic E-state index is 12.8. The van der Waals surface area contributed by atoms with E-state index in [9.17, 15) is 9.59 Å². The molecule has 0 saturated carbocycles. The molecule has 4 rings (SSSR count). The van der Waals surface area contributed by atoms with Crippen LogP contribution in [0.3, 0.4) is 0 Å². The molecule has 2 atom stereocenters. The minimum atomic E-state index is -0.205. The first-order valence-corrected chi connectivity index (χ1v) is 11.0. The number of aromatic amines is 2. The first kappa shape index (κ1) is 18.5. The molecule has 0 saturated heterocycles. The molecule has 0 aromatic carbocycles. The molecule has 144 valence electrons. The van der Waals surface area contributed by atoms with Gasteiger partial charge in [-0.2, -0.15) is 0 Å². The summed E-state index contributed by atoms with van der Waals surface area (Å²) in [5.41, 5.74) is 0.934. The summed E-state index contributed by atoms with van der Waals surface area (Å²) >= 11 is 3.08. The smallest absolute Gasteiger partial charge is 0.309 e. The van der Waals surface area contributed by atoms with Gasteiger partial charge in [0.25, 0.3) is 5.56 Å². The van der Waals surface area contributed by atoms with E-state index >= 15 is 0 Å². The van der Waals surface area contributed by atoms with Gasteiger partial charge in [-0.1, -0.05) is 25.6 Å². The average Bonchev–Trinajstić information content (AvgIpc) is 3.16. The van der Waals surface area contributed by atoms with Crippen molar-refractivity contribution < 1.29 is 0 Å². The van der Waals surface area contributed by atoms with Crippen LogP contribution in [-0.4, -0.2) is 24.7 Å². The van der Waals surface area contributed by atoms with Crippen molar-refractivity contribution in [3.05, 3.63) is 37.1 Å². The highest BCUT2D eigenvalue weighted by Crippen LogP contribution is 2.37. The molecule has 0 bridgehead atoms. The molecule has 0 amide bonds. The molecular formula is C18H23N5O2S2. The lowest BCUT2D eigenvalue weighted by Gasteiger charge is -2.17.